The Labute approximate surface area is 118 Å². The summed E-state index contributed by atoms with van der Waals surface area (Å²) in [6.07, 6.45) is 1.62. The van der Waals surface area contributed by atoms with E-state index >= 15 is 0 Å². The summed E-state index contributed by atoms with van der Waals surface area (Å²) in [5.74, 6) is 0. The number of unbranched alkanes of at least 4 members (excludes halogenated alkanes) is 1. The zero-order valence-corrected chi connectivity index (χ0v) is 12.4. The van der Waals surface area contributed by atoms with Crippen molar-refractivity contribution in [3.8, 4) is 0 Å². The summed E-state index contributed by atoms with van der Waals surface area (Å²) >= 11 is 0. The molecule has 0 saturated carbocycles. The fourth-order valence-corrected chi connectivity index (χ4v) is 2.74. The molecule has 0 radical (unpaired) electrons. The summed E-state index contributed by atoms with van der Waals surface area (Å²) < 4.78 is 26.5. The summed E-state index contributed by atoms with van der Waals surface area (Å²) in [5.41, 5.74) is 0.0650. The van der Waals surface area contributed by atoms with Crippen LogP contribution in [0, 0.1) is 10.1 Å². The van der Waals surface area contributed by atoms with E-state index in [2.05, 4.69) is 10.0 Å². The molecule has 1 aromatic carbocycles. The summed E-state index contributed by atoms with van der Waals surface area (Å²) in [7, 11) is -3.63. The van der Waals surface area contributed by atoms with E-state index in [-0.39, 0.29) is 16.3 Å². The number of nitrogens with one attached hydrogen (secondary N) is 2. The molecule has 0 unspecified atom stereocenters. The van der Waals surface area contributed by atoms with Gasteiger partial charge in [0.15, 0.2) is 0 Å². The van der Waals surface area contributed by atoms with Crippen molar-refractivity contribution >= 4 is 21.4 Å². The second-order valence-corrected chi connectivity index (χ2v) is 5.98. The Kier molecular flexibility index (Phi) is 5.90. The van der Waals surface area contributed by atoms with Crippen LogP contribution in [0.1, 0.15) is 26.7 Å². The maximum absolute atomic E-state index is 12.0. The first-order valence-electron chi connectivity index (χ1n) is 6.44. The van der Waals surface area contributed by atoms with E-state index in [4.69, 9.17) is 0 Å². The second kappa shape index (κ2) is 7.20. The first-order valence-corrected chi connectivity index (χ1v) is 7.92. The lowest BCUT2D eigenvalue weighted by molar-refractivity contribution is -0.384. The average molecular weight is 301 g/mol. The Morgan fingerprint density at radius 3 is 2.55 bits per heavy atom. The van der Waals surface area contributed by atoms with E-state index < -0.39 is 14.9 Å². The van der Waals surface area contributed by atoms with E-state index in [1.165, 1.54) is 18.2 Å². The molecular weight excluding hydrogens is 282 g/mol. The number of hydrogen-bond acceptors (Lipinski definition) is 5. The van der Waals surface area contributed by atoms with Gasteiger partial charge < -0.3 is 5.32 Å². The number of benzene rings is 1. The SMILES string of the molecule is CCCCNS(=O)(=O)c1ccc([N+](=O)[O-])c(NCC)c1. The maximum atomic E-state index is 12.0. The van der Waals surface area contributed by atoms with E-state index in [1.54, 1.807) is 6.92 Å². The highest BCUT2D eigenvalue weighted by atomic mass is 32.2. The molecule has 0 spiro atoms. The van der Waals surface area contributed by atoms with Crippen molar-refractivity contribution in [2.24, 2.45) is 0 Å². The van der Waals surface area contributed by atoms with Crippen LogP contribution in [0.25, 0.3) is 0 Å². The van der Waals surface area contributed by atoms with E-state index in [9.17, 15) is 18.5 Å². The van der Waals surface area contributed by atoms with Crippen molar-refractivity contribution in [2.75, 3.05) is 18.4 Å². The van der Waals surface area contributed by atoms with Gasteiger partial charge in [0.05, 0.1) is 9.82 Å². The Bertz CT molecular complexity index is 572. The Morgan fingerprint density at radius 1 is 1.30 bits per heavy atom. The molecule has 0 amide bonds. The number of hydrogen-bond donors (Lipinski definition) is 2. The molecule has 0 aliphatic carbocycles. The van der Waals surface area contributed by atoms with E-state index in [0.29, 0.717) is 13.1 Å². The largest absolute Gasteiger partial charge is 0.380 e. The molecule has 112 valence electrons. The molecule has 0 aliphatic rings. The van der Waals surface area contributed by atoms with Gasteiger partial charge in [0.25, 0.3) is 5.69 Å². The molecule has 0 fully saturated rings. The zero-order valence-electron chi connectivity index (χ0n) is 11.5. The highest BCUT2D eigenvalue weighted by molar-refractivity contribution is 7.89. The highest BCUT2D eigenvalue weighted by Crippen LogP contribution is 2.27. The van der Waals surface area contributed by atoms with Crippen molar-refractivity contribution < 1.29 is 13.3 Å². The van der Waals surface area contributed by atoms with Gasteiger partial charge in [0.1, 0.15) is 5.69 Å². The third-order valence-electron chi connectivity index (χ3n) is 2.66. The van der Waals surface area contributed by atoms with E-state index in [0.717, 1.165) is 12.8 Å². The lowest BCUT2D eigenvalue weighted by atomic mass is 10.2. The maximum Gasteiger partial charge on any atom is 0.292 e. The van der Waals surface area contributed by atoms with Crippen LogP contribution in [0.3, 0.4) is 0 Å². The quantitative estimate of drug-likeness (QED) is 0.435. The number of nitro groups is 1. The van der Waals surface area contributed by atoms with Crippen molar-refractivity contribution in [3.05, 3.63) is 28.3 Å². The number of rotatable bonds is 8. The molecule has 0 aromatic heterocycles. The van der Waals surface area contributed by atoms with Crippen LogP contribution >= 0.6 is 0 Å². The smallest absolute Gasteiger partial charge is 0.292 e. The second-order valence-electron chi connectivity index (χ2n) is 4.22. The lowest BCUT2D eigenvalue weighted by Crippen LogP contribution is -2.24. The molecule has 0 heterocycles. The van der Waals surface area contributed by atoms with Gasteiger partial charge in [0.2, 0.25) is 10.0 Å². The highest BCUT2D eigenvalue weighted by Gasteiger charge is 2.19. The van der Waals surface area contributed by atoms with Gasteiger partial charge in [-0.2, -0.15) is 0 Å². The predicted octanol–water partition coefficient (Wildman–Crippen LogP) is 2.10. The molecule has 8 heteroatoms. The number of anilines is 1. The van der Waals surface area contributed by atoms with Gasteiger partial charge in [-0.25, -0.2) is 13.1 Å². The van der Waals surface area contributed by atoms with E-state index in [1.807, 2.05) is 6.92 Å². The molecule has 0 saturated heterocycles. The summed E-state index contributed by atoms with van der Waals surface area (Å²) in [4.78, 5) is 10.3. The summed E-state index contributed by atoms with van der Waals surface area (Å²) in [5, 5.41) is 13.7. The molecule has 1 aromatic rings. The first kappa shape index (κ1) is 16.4. The minimum atomic E-state index is -3.63. The van der Waals surface area contributed by atoms with Crippen LogP contribution in [0.15, 0.2) is 23.1 Å². The van der Waals surface area contributed by atoms with Crippen LogP contribution in [-0.2, 0) is 10.0 Å². The minimum Gasteiger partial charge on any atom is -0.380 e. The molecule has 20 heavy (non-hydrogen) atoms. The Balaban J connectivity index is 3.07. The van der Waals surface area contributed by atoms with Crippen LogP contribution in [0.5, 0.6) is 0 Å². The summed E-state index contributed by atoms with van der Waals surface area (Å²) in [6.45, 7) is 4.56. The van der Waals surface area contributed by atoms with Gasteiger partial charge in [0, 0.05) is 19.2 Å². The molecule has 0 aliphatic heterocycles. The van der Waals surface area contributed by atoms with Gasteiger partial charge >= 0.3 is 0 Å². The topological polar surface area (TPSA) is 101 Å². The number of nitro benzene ring substituents is 1. The Morgan fingerprint density at radius 2 is 2.00 bits per heavy atom. The molecular formula is C12H19N3O4S. The van der Waals surface area contributed by atoms with Crippen molar-refractivity contribution in [3.63, 3.8) is 0 Å². The van der Waals surface area contributed by atoms with Crippen LogP contribution < -0.4 is 10.0 Å². The average Bonchev–Trinajstić information content (AvgIpc) is 2.39. The van der Waals surface area contributed by atoms with Gasteiger partial charge in [-0.1, -0.05) is 13.3 Å². The van der Waals surface area contributed by atoms with Crippen LogP contribution in [0.2, 0.25) is 0 Å². The lowest BCUT2D eigenvalue weighted by Gasteiger charge is -2.09. The third kappa shape index (κ3) is 4.17. The fourth-order valence-electron chi connectivity index (χ4n) is 1.64. The monoisotopic (exact) mass is 301 g/mol. The van der Waals surface area contributed by atoms with Gasteiger partial charge in [-0.3, -0.25) is 10.1 Å². The molecule has 0 atom stereocenters. The van der Waals surface area contributed by atoms with Crippen molar-refractivity contribution in [2.45, 2.75) is 31.6 Å². The minimum absolute atomic E-state index is 0.0233. The van der Waals surface area contributed by atoms with Crippen LogP contribution in [0.4, 0.5) is 11.4 Å². The fraction of sp³-hybridized carbons (Fsp3) is 0.500. The molecule has 1 rings (SSSR count). The number of nitrogens with zero attached hydrogens (tertiary/aromatic N) is 1. The predicted molar refractivity (Wildman–Crippen MR) is 77.4 cm³/mol. The van der Waals surface area contributed by atoms with Gasteiger partial charge in [-0.05, 0) is 25.5 Å². The molecule has 0 bridgehead atoms. The van der Waals surface area contributed by atoms with Crippen molar-refractivity contribution in [1.29, 1.82) is 0 Å². The first-order chi connectivity index (χ1) is 9.42. The standard InChI is InChI=1S/C12H19N3O4S/c1-3-5-8-14-20(18,19)10-6-7-12(15(16)17)11(9-10)13-4-2/h6-7,9,13-14H,3-5,8H2,1-2H3. The van der Waals surface area contributed by atoms with Gasteiger partial charge in [-0.15, -0.1) is 0 Å². The zero-order chi connectivity index (χ0) is 15.2. The van der Waals surface area contributed by atoms with Crippen molar-refractivity contribution in [1.82, 2.24) is 4.72 Å². The Hall–Kier alpha value is -1.67. The normalized spacial score (nSPS) is 11.3. The summed E-state index contributed by atoms with van der Waals surface area (Å²) in [6, 6.07) is 3.73. The molecule has 7 nitrogen and oxygen atoms in total. The third-order valence-corrected chi connectivity index (χ3v) is 4.12. The molecule has 2 N–H and O–H groups in total. The van der Waals surface area contributed by atoms with Crippen LogP contribution in [-0.4, -0.2) is 26.4 Å². The number of sulfonamides is 1.